The Bertz CT molecular complexity index is 2730. The van der Waals surface area contributed by atoms with Gasteiger partial charge in [0.05, 0.1) is 27.4 Å². The predicted octanol–water partition coefficient (Wildman–Crippen LogP) is 13.6. The van der Waals surface area contributed by atoms with Gasteiger partial charge < -0.3 is 28.7 Å². The Hall–Kier alpha value is -5.72. The van der Waals surface area contributed by atoms with Crippen LogP contribution in [0.1, 0.15) is 101 Å². The van der Waals surface area contributed by atoms with Crippen LogP contribution in [0.4, 0.5) is 11.4 Å². The van der Waals surface area contributed by atoms with Gasteiger partial charge in [-0.3, -0.25) is 0 Å². The fraction of sp³-hybridized carbons (Fsp3) is 0.390. The van der Waals surface area contributed by atoms with Crippen molar-refractivity contribution < 1.29 is 18.9 Å². The van der Waals surface area contributed by atoms with Crippen LogP contribution >= 0.6 is 0 Å². The Balaban J connectivity index is 1.23. The standard InChI is InChI=1S/C59H64N2O4/c1-39-12-10-11-29-61(39)52-35-49-50(34-48(52)40-15-21-43(22-16-40)60-30-32-64-33-31-60)55-47(54-53(49)46-13-8-9-14-51(46)58(54)37-56(2,3)36-57(4,5)38-58)27-28-59(65-55,41-17-23-44(62-6)24-18-41)42-19-25-45(63-7)26-20-42/h8-9,13-28,34-35,39H,10-12,29-33,36-38H2,1-7H3. The lowest BCUT2D eigenvalue weighted by Crippen LogP contribution is -2.44. The van der Waals surface area contributed by atoms with Crippen molar-refractivity contribution >= 4 is 28.2 Å². The summed E-state index contributed by atoms with van der Waals surface area (Å²) in [7, 11) is 3.45. The molecule has 6 heteroatoms. The van der Waals surface area contributed by atoms with Gasteiger partial charge in [-0.05, 0) is 144 Å². The summed E-state index contributed by atoms with van der Waals surface area (Å²) in [6.45, 7) is 16.8. The van der Waals surface area contributed by atoms with Gasteiger partial charge in [-0.15, -0.1) is 0 Å². The predicted molar refractivity (Wildman–Crippen MR) is 267 cm³/mol. The summed E-state index contributed by atoms with van der Waals surface area (Å²) >= 11 is 0. The van der Waals surface area contributed by atoms with Crippen LogP contribution in [0.5, 0.6) is 17.2 Å². The van der Waals surface area contributed by atoms with Crippen LogP contribution < -0.4 is 24.0 Å². The molecule has 334 valence electrons. The molecule has 2 aliphatic carbocycles. The van der Waals surface area contributed by atoms with Crippen LogP contribution in [0, 0.1) is 10.8 Å². The highest BCUT2D eigenvalue weighted by Gasteiger charge is 2.55. The number of methoxy groups -OCH3 is 2. The van der Waals surface area contributed by atoms with Gasteiger partial charge in [0, 0.05) is 70.1 Å². The molecule has 3 aliphatic heterocycles. The normalized spacial score (nSPS) is 21.1. The molecule has 3 heterocycles. The molecule has 6 nitrogen and oxygen atoms in total. The first kappa shape index (κ1) is 41.9. The Morgan fingerprint density at radius 2 is 1.31 bits per heavy atom. The first-order chi connectivity index (χ1) is 31.4. The Kier molecular flexibility index (Phi) is 10.1. The molecule has 5 aliphatic rings. The number of nitrogens with zero attached hydrogens (tertiary/aromatic N) is 2. The van der Waals surface area contributed by atoms with E-state index in [0.29, 0.717) is 6.04 Å². The van der Waals surface area contributed by atoms with Gasteiger partial charge in [-0.2, -0.15) is 0 Å². The van der Waals surface area contributed by atoms with Crippen molar-refractivity contribution in [2.75, 3.05) is 56.9 Å². The van der Waals surface area contributed by atoms with E-state index in [9.17, 15) is 0 Å². The molecule has 0 N–H and O–H groups in total. The monoisotopic (exact) mass is 864 g/mol. The highest BCUT2D eigenvalue weighted by atomic mass is 16.5. The van der Waals surface area contributed by atoms with E-state index >= 15 is 0 Å². The molecule has 1 unspecified atom stereocenters. The van der Waals surface area contributed by atoms with Crippen LogP contribution in [-0.4, -0.2) is 53.1 Å². The van der Waals surface area contributed by atoms with Crippen molar-refractivity contribution in [3.8, 4) is 39.5 Å². The summed E-state index contributed by atoms with van der Waals surface area (Å²) in [4.78, 5) is 5.16. The maximum atomic E-state index is 8.01. The number of hydrogen-bond donors (Lipinski definition) is 0. The highest BCUT2D eigenvalue weighted by Crippen LogP contribution is 2.67. The Labute approximate surface area is 386 Å². The lowest BCUT2D eigenvalue weighted by Gasteiger charge is -2.52. The molecule has 0 radical (unpaired) electrons. The lowest BCUT2D eigenvalue weighted by molar-refractivity contribution is 0.0642. The van der Waals surface area contributed by atoms with Crippen LogP contribution in [0.15, 0.2) is 115 Å². The minimum absolute atomic E-state index is 0.124. The largest absolute Gasteiger partial charge is 0.497 e. The molecular formula is C59H64N2O4. The van der Waals surface area contributed by atoms with Crippen molar-refractivity contribution in [2.24, 2.45) is 10.8 Å². The second-order valence-corrected chi connectivity index (χ2v) is 21.2. The second-order valence-electron chi connectivity index (χ2n) is 21.2. The van der Waals surface area contributed by atoms with Crippen molar-refractivity contribution in [1.29, 1.82) is 0 Å². The molecule has 0 amide bonds. The Morgan fingerprint density at radius 3 is 1.94 bits per heavy atom. The summed E-state index contributed by atoms with van der Waals surface area (Å²) < 4.78 is 25.1. The fourth-order valence-electron chi connectivity index (χ4n) is 13.4. The molecule has 11 rings (SSSR count). The molecule has 2 saturated heterocycles. The molecular weight excluding hydrogens is 801 g/mol. The van der Waals surface area contributed by atoms with Crippen LogP contribution in [0.25, 0.3) is 39.1 Å². The molecule has 65 heavy (non-hydrogen) atoms. The minimum atomic E-state index is -0.934. The zero-order valence-electron chi connectivity index (χ0n) is 39.4. The van der Waals surface area contributed by atoms with E-state index in [2.05, 4.69) is 166 Å². The maximum absolute atomic E-state index is 8.01. The number of rotatable bonds is 7. The van der Waals surface area contributed by atoms with E-state index in [4.69, 9.17) is 18.9 Å². The topological polar surface area (TPSA) is 43.4 Å². The van der Waals surface area contributed by atoms with Gasteiger partial charge in [0.1, 0.15) is 17.2 Å². The summed E-state index contributed by atoms with van der Waals surface area (Å²) in [5.74, 6) is 2.58. The van der Waals surface area contributed by atoms with Crippen molar-refractivity contribution in [3.63, 3.8) is 0 Å². The maximum Gasteiger partial charge on any atom is 0.178 e. The van der Waals surface area contributed by atoms with E-state index < -0.39 is 5.60 Å². The van der Waals surface area contributed by atoms with E-state index in [-0.39, 0.29) is 16.2 Å². The van der Waals surface area contributed by atoms with E-state index in [1.54, 1.807) is 14.2 Å². The lowest BCUT2D eigenvalue weighted by atomic mass is 9.52. The molecule has 6 aromatic rings. The minimum Gasteiger partial charge on any atom is -0.497 e. The average molecular weight is 865 g/mol. The summed E-state index contributed by atoms with van der Waals surface area (Å²) in [6, 6.07) is 41.1. The fourth-order valence-corrected chi connectivity index (χ4v) is 13.4. The zero-order chi connectivity index (χ0) is 44.7. The van der Waals surface area contributed by atoms with Crippen LogP contribution in [0.2, 0.25) is 0 Å². The van der Waals surface area contributed by atoms with E-state index in [1.807, 2.05) is 0 Å². The molecule has 1 spiro atoms. The van der Waals surface area contributed by atoms with Gasteiger partial charge in [0.2, 0.25) is 0 Å². The van der Waals surface area contributed by atoms with E-state index in [0.717, 1.165) is 79.5 Å². The molecule has 6 aromatic carbocycles. The van der Waals surface area contributed by atoms with Crippen LogP contribution in [-0.2, 0) is 15.8 Å². The number of piperidine rings is 1. The number of benzene rings is 6. The molecule has 1 saturated carbocycles. The number of morpholine rings is 1. The number of fused-ring (bicyclic) bond motifs is 10. The smallest absolute Gasteiger partial charge is 0.178 e. The number of ether oxygens (including phenoxy) is 4. The third-order valence-corrected chi connectivity index (χ3v) is 15.6. The van der Waals surface area contributed by atoms with Gasteiger partial charge in [-0.1, -0.05) is 94.4 Å². The van der Waals surface area contributed by atoms with Gasteiger partial charge in [-0.25, -0.2) is 0 Å². The summed E-state index contributed by atoms with van der Waals surface area (Å²) in [5.41, 5.74) is 13.1. The van der Waals surface area contributed by atoms with Gasteiger partial charge in [0.15, 0.2) is 5.60 Å². The van der Waals surface area contributed by atoms with Crippen molar-refractivity contribution in [1.82, 2.24) is 0 Å². The molecule has 3 fully saturated rings. The number of hydrogen-bond acceptors (Lipinski definition) is 6. The van der Waals surface area contributed by atoms with Gasteiger partial charge >= 0.3 is 0 Å². The number of anilines is 2. The third-order valence-electron chi connectivity index (χ3n) is 15.6. The quantitative estimate of drug-likeness (QED) is 0.159. The molecule has 0 bridgehead atoms. The summed E-state index contributed by atoms with van der Waals surface area (Å²) in [6.07, 6.45) is 11.7. The first-order valence-electron chi connectivity index (χ1n) is 24.1. The highest BCUT2D eigenvalue weighted by molar-refractivity contribution is 6.12. The van der Waals surface area contributed by atoms with Gasteiger partial charge in [0.25, 0.3) is 0 Å². The van der Waals surface area contributed by atoms with Crippen LogP contribution in [0.3, 0.4) is 0 Å². The third kappa shape index (κ3) is 6.92. The second kappa shape index (κ2) is 15.7. The molecule has 1 atom stereocenters. The Morgan fingerprint density at radius 1 is 0.662 bits per heavy atom. The van der Waals surface area contributed by atoms with Crippen molar-refractivity contribution in [3.05, 3.63) is 143 Å². The van der Waals surface area contributed by atoms with Crippen molar-refractivity contribution in [2.45, 2.75) is 90.2 Å². The zero-order valence-corrected chi connectivity index (χ0v) is 39.4. The first-order valence-corrected chi connectivity index (χ1v) is 24.1. The average Bonchev–Trinajstić information content (AvgIpc) is 3.58. The summed E-state index contributed by atoms with van der Waals surface area (Å²) in [5, 5.41) is 2.43. The van der Waals surface area contributed by atoms with E-state index in [1.165, 1.54) is 81.4 Å². The SMILES string of the molecule is COc1ccc(C2(c3ccc(OC)cc3)C=Cc3c4c(c5cc(N6CCCCC6C)c(-c6ccc(N7CCOCC7)cc6)cc5c3O2)-c2ccccc2C42CC(C)(C)CC(C)(C)C2)cc1. The molecule has 0 aromatic heterocycles.